The Morgan fingerprint density at radius 1 is 1.33 bits per heavy atom. The molecule has 0 aliphatic rings. The predicted molar refractivity (Wildman–Crippen MR) is 85.8 cm³/mol. The van der Waals surface area contributed by atoms with E-state index in [0.29, 0.717) is 5.02 Å². The van der Waals surface area contributed by atoms with Gasteiger partial charge in [0.15, 0.2) is 0 Å². The van der Waals surface area contributed by atoms with Crippen molar-refractivity contribution in [1.82, 2.24) is 5.32 Å². The van der Waals surface area contributed by atoms with Gasteiger partial charge in [-0.25, -0.2) is 0 Å². The highest BCUT2D eigenvalue weighted by Gasteiger charge is 2.32. The fourth-order valence-electron chi connectivity index (χ4n) is 1.74. The molecule has 0 radical (unpaired) electrons. The molecular weight excluding hydrogens is 310 g/mol. The molecule has 1 amide bonds. The van der Waals surface area contributed by atoms with E-state index in [1.165, 1.54) is 11.8 Å². The Balaban J connectivity index is 2.58. The number of benzene rings is 1. The van der Waals surface area contributed by atoms with Crippen molar-refractivity contribution in [2.75, 3.05) is 5.75 Å². The van der Waals surface area contributed by atoms with E-state index in [4.69, 9.17) is 16.7 Å². The topological polar surface area (TPSA) is 66.4 Å². The fourth-order valence-corrected chi connectivity index (χ4v) is 2.57. The molecule has 0 bridgehead atoms. The van der Waals surface area contributed by atoms with Crippen LogP contribution in [-0.4, -0.2) is 28.3 Å². The largest absolute Gasteiger partial charge is 0.481 e. The number of carbonyl (C=O) groups excluding carboxylic acids is 1. The van der Waals surface area contributed by atoms with Crippen molar-refractivity contribution in [1.29, 1.82) is 0 Å². The van der Waals surface area contributed by atoms with Crippen molar-refractivity contribution >= 4 is 35.2 Å². The van der Waals surface area contributed by atoms with Crippen LogP contribution in [0.15, 0.2) is 29.2 Å². The van der Waals surface area contributed by atoms with Gasteiger partial charge in [0, 0.05) is 15.5 Å². The standard InChI is InChI=1S/C15H20ClNO3S/c1-10(2)15(3,8-14(19)20)17-13(18)9-21-12-6-4-11(16)5-7-12/h4-7,10H,8-9H2,1-3H3,(H,17,18)(H,19,20). The van der Waals surface area contributed by atoms with Gasteiger partial charge in [0.05, 0.1) is 12.2 Å². The van der Waals surface area contributed by atoms with Gasteiger partial charge in [0.2, 0.25) is 5.91 Å². The Morgan fingerprint density at radius 2 is 1.90 bits per heavy atom. The van der Waals surface area contributed by atoms with Crippen LogP contribution in [0.5, 0.6) is 0 Å². The number of carboxylic acid groups (broad SMARTS) is 1. The molecule has 0 saturated heterocycles. The lowest BCUT2D eigenvalue weighted by molar-refractivity contribution is -0.139. The van der Waals surface area contributed by atoms with Crippen LogP contribution < -0.4 is 5.32 Å². The van der Waals surface area contributed by atoms with Gasteiger partial charge >= 0.3 is 5.97 Å². The average Bonchev–Trinajstić information content (AvgIpc) is 2.36. The number of carbonyl (C=O) groups is 2. The third-order valence-corrected chi connectivity index (χ3v) is 4.67. The molecular formula is C15H20ClNO3S. The molecule has 0 fully saturated rings. The van der Waals surface area contributed by atoms with E-state index < -0.39 is 11.5 Å². The van der Waals surface area contributed by atoms with Crippen molar-refractivity contribution in [3.05, 3.63) is 29.3 Å². The van der Waals surface area contributed by atoms with E-state index in [1.807, 2.05) is 26.0 Å². The van der Waals surface area contributed by atoms with Crippen LogP contribution in [0.3, 0.4) is 0 Å². The van der Waals surface area contributed by atoms with Crippen LogP contribution in [0.25, 0.3) is 0 Å². The third-order valence-electron chi connectivity index (χ3n) is 3.40. The molecule has 1 aromatic rings. The Hall–Kier alpha value is -1.20. The SMILES string of the molecule is CC(C)C(C)(CC(=O)O)NC(=O)CSc1ccc(Cl)cc1. The highest BCUT2D eigenvalue weighted by molar-refractivity contribution is 8.00. The monoisotopic (exact) mass is 329 g/mol. The van der Waals surface area contributed by atoms with Crippen molar-refractivity contribution in [3.63, 3.8) is 0 Å². The number of halogens is 1. The molecule has 21 heavy (non-hydrogen) atoms. The molecule has 4 nitrogen and oxygen atoms in total. The molecule has 1 unspecified atom stereocenters. The molecule has 116 valence electrons. The zero-order valence-corrected chi connectivity index (χ0v) is 13.9. The summed E-state index contributed by atoms with van der Waals surface area (Å²) in [6, 6.07) is 7.23. The minimum atomic E-state index is -0.920. The van der Waals surface area contributed by atoms with Gasteiger partial charge in [0.1, 0.15) is 0 Å². The minimum absolute atomic E-state index is 0.0260. The Morgan fingerprint density at radius 3 is 2.38 bits per heavy atom. The summed E-state index contributed by atoms with van der Waals surface area (Å²) in [4.78, 5) is 23.9. The zero-order valence-electron chi connectivity index (χ0n) is 12.4. The molecule has 1 rings (SSSR count). The van der Waals surface area contributed by atoms with Gasteiger partial charge in [-0.3, -0.25) is 9.59 Å². The molecule has 0 heterocycles. The van der Waals surface area contributed by atoms with Crippen molar-refractivity contribution in [3.8, 4) is 0 Å². The maximum atomic E-state index is 12.0. The summed E-state index contributed by atoms with van der Waals surface area (Å²) >= 11 is 7.19. The number of thioether (sulfide) groups is 1. The van der Waals surface area contributed by atoms with E-state index in [9.17, 15) is 9.59 Å². The van der Waals surface area contributed by atoms with E-state index in [2.05, 4.69) is 5.32 Å². The van der Waals surface area contributed by atoms with Crippen LogP contribution in [0.1, 0.15) is 27.2 Å². The number of amides is 1. The molecule has 0 aromatic heterocycles. The van der Waals surface area contributed by atoms with E-state index in [0.717, 1.165) is 4.90 Å². The first-order valence-electron chi connectivity index (χ1n) is 6.64. The summed E-state index contributed by atoms with van der Waals surface area (Å²) in [6.07, 6.45) is -0.0952. The molecule has 0 spiro atoms. The summed E-state index contributed by atoms with van der Waals surface area (Å²) in [5.74, 6) is -0.828. The highest BCUT2D eigenvalue weighted by Crippen LogP contribution is 2.23. The molecule has 6 heteroatoms. The summed E-state index contributed by atoms with van der Waals surface area (Å²) in [7, 11) is 0. The molecule has 1 atom stereocenters. The van der Waals surface area contributed by atoms with Crippen LogP contribution in [0, 0.1) is 5.92 Å². The van der Waals surface area contributed by atoms with Gasteiger partial charge in [-0.05, 0) is 37.1 Å². The van der Waals surface area contributed by atoms with Crippen molar-refractivity contribution in [2.24, 2.45) is 5.92 Å². The van der Waals surface area contributed by atoms with Crippen LogP contribution in [0.2, 0.25) is 5.02 Å². The van der Waals surface area contributed by atoms with Crippen LogP contribution in [0.4, 0.5) is 0 Å². The van der Waals surface area contributed by atoms with Crippen LogP contribution >= 0.6 is 23.4 Å². The van der Waals surface area contributed by atoms with E-state index in [-0.39, 0.29) is 24.0 Å². The lowest BCUT2D eigenvalue weighted by Crippen LogP contribution is -2.51. The van der Waals surface area contributed by atoms with Gasteiger partial charge in [-0.2, -0.15) is 0 Å². The van der Waals surface area contributed by atoms with E-state index >= 15 is 0 Å². The molecule has 1 aromatic carbocycles. The molecule has 0 aliphatic carbocycles. The zero-order chi connectivity index (χ0) is 16.0. The van der Waals surface area contributed by atoms with Gasteiger partial charge < -0.3 is 10.4 Å². The lowest BCUT2D eigenvalue weighted by atomic mass is 9.85. The summed E-state index contributed by atoms with van der Waals surface area (Å²) < 4.78 is 0. The smallest absolute Gasteiger partial charge is 0.305 e. The quantitative estimate of drug-likeness (QED) is 0.752. The number of hydrogen-bond donors (Lipinski definition) is 2. The first-order valence-corrected chi connectivity index (χ1v) is 8.00. The third kappa shape index (κ3) is 5.98. The number of hydrogen-bond acceptors (Lipinski definition) is 3. The molecule has 0 aliphatic heterocycles. The normalized spacial score (nSPS) is 13.8. The van der Waals surface area contributed by atoms with Gasteiger partial charge in [-0.1, -0.05) is 25.4 Å². The number of aliphatic carboxylic acids is 1. The number of rotatable bonds is 7. The first kappa shape index (κ1) is 17.9. The Kier molecular flexibility index (Phi) is 6.55. The minimum Gasteiger partial charge on any atom is -0.481 e. The number of nitrogens with one attached hydrogen (secondary N) is 1. The average molecular weight is 330 g/mol. The van der Waals surface area contributed by atoms with Crippen molar-refractivity contribution in [2.45, 2.75) is 37.6 Å². The van der Waals surface area contributed by atoms with Gasteiger partial charge in [-0.15, -0.1) is 11.8 Å². The predicted octanol–water partition coefficient (Wildman–Crippen LogP) is 3.44. The second kappa shape index (κ2) is 7.71. The number of carboxylic acids is 1. The Labute approximate surface area is 134 Å². The van der Waals surface area contributed by atoms with E-state index in [1.54, 1.807) is 19.1 Å². The maximum absolute atomic E-state index is 12.0. The van der Waals surface area contributed by atoms with Gasteiger partial charge in [0.25, 0.3) is 0 Å². The molecule has 2 N–H and O–H groups in total. The maximum Gasteiger partial charge on any atom is 0.305 e. The summed E-state index contributed by atoms with van der Waals surface area (Å²) in [5, 5.41) is 12.5. The fraction of sp³-hybridized carbons (Fsp3) is 0.467. The second-order valence-electron chi connectivity index (χ2n) is 5.43. The Bertz CT molecular complexity index is 504. The lowest BCUT2D eigenvalue weighted by Gasteiger charge is -2.33. The first-order chi connectivity index (χ1) is 9.73. The van der Waals surface area contributed by atoms with Crippen LogP contribution in [-0.2, 0) is 9.59 Å². The summed E-state index contributed by atoms with van der Waals surface area (Å²) in [5.41, 5.74) is -0.747. The van der Waals surface area contributed by atoms with Crippen molar-refractivity contribution < 1.29 is 14.7 Å². The second-order valence-corrected chi connectivity index (χ2v) is 6.92. The summed E-state index contributed by atoms with van der Waals surface area (Å²) in [6.45, 7) is 5.56. The highest BCUT2D eigenvalue weighted by atomic mass is 35.5. The molecule has 0 saturated carbocycles.